The van der Waals surface area contributed by atoms with Crippen LogP contribution < -0.4 is 4.90 Å². The van der Waals surface area contributed by atoms with E-state index in [1.165, 1.54) is 17.7 Å². The second-order valence-electron chi connectivity index (χ2n) is 6.31. The lowest BCUT2D eigenvalue weighted by atomic mass is 9.74. The fourth-order valence-corrected chi connectivity index (χ4v) is 3.24. The fourth-order valence-electron chi connectivity index (χ4n) is 3.24. The van der Waals surface area contributed by atoms with Gasteiger partial charge in [-0.2, -0.15) is 0 Å². The fraction of sp³-hybridized carbons (Fsp3) is 0.588. The summed E-state index contributed by atoms with van der Waals surface area (Å²) in [6.07, 6.45) is 1.94. The smallest absolute Gasteiger partial charge is 0.138 e. The molecule has 19 heavy (non-hydrogen) atoms. The van der Waals surface area contributed by atoms with Crippen LogP contribution in [0.1, 0.15) is 32.3 Å². The van der Waals surface area contributed by atoms with Gasteiger partial charge in [-0.25, -0.2) is 0 Å². The van der Waals surface area contributed by atoms with Gasteiger partial charge in [0, 0.05) is 31.6 Å². The Kier molecular flexibility index (Phi) is 4.28. The Morgan fingerprint density at radius 2 is 2.05 bits per heavy atom. The molecule has 0 spiro atoms. The Bertz CT molecular complexity index is 454. The zero-order chi connectivity index (χ0) is 14.0. The highest BCUT2D eigenvalue weighted by atomic mass is 16.1. The third-order valence-corrected chi connectivity index (χ3v) is 4.34. The van der Waals surface area contributed by atoms with E-state index < -0.39 is 0 Å². The molecule has 0 N–H and O–H groups in total. The lowest BCUT2D eigenvalue weighted by molar-refractivity contribution is -0.127. The summed E-state index contributed by atoms with van der Waals surface area (Å²) in [7, 11) is 2.09. The standard InChI is InChI=1S/C17H25NO/c1-12-6-5-7-15(9-12)18(4)11-16-14(3)8-13(2)10-17(16)19/h5-7,9,13-14,16H,8,10-11H2,1-4H3. The number of anilines is 1. The molecule has 0 heterocycles. The van der Waals surface area contributed by atoms with Crippen molar-refractivity contribution in [1.82, 2.24) is 0 Å². The molecule has 1 fully saturated rings. The van der Waals surface area contributed by atoms with E-state index in [4.69, 9.17) is 0 Å². The van der Waals surface area contributed by atoms with Gasteiger partial charge in [-0.05, 0) is 42.9 Å². The van der Waals surface area contributed by atoms with Gasteiger partial charge < -0.3 is 4.90 Å². The molecule has 2 rings (SSSR count). The largest absolute Gasteiger partial charge is 0.374 e. The van der Waals surface area contributed by atoms with Crippen LogP contribution in [0.4, 0.5) is 5.69 Å². The van der Waals surface area contributed by atoms with Crippen LogP contribution in [0, 0.1) is 24.7 Å². The van der Waals surface area contributed by atoms with E-state index >= 15 is 0 Å². The zero-order valence-corrected chi connectivity index (χ0v) is 12.5. The first kappa shape index (κ1) is 14.1. The Labute approximate surface area is 116 Å². The van der Waals surface area contributed by atoms with Crippen LogP contribution in [0.2, 0.25) is 0 Å². The second-order valence-corrected chi connectivity index (χ2v) is 6.31. The summed E-state index contributed by atoms with van der Waals surface area (Å²) in [5, 5.41) is 0. The first-order valence-corrected chi connectivity index (χ1v) is 7.28. The summed E-state index contributed by atoms with van der Waals surface area (Å²) < 4.78 is 0. The summed E-state index contributed by atoms with van der Waals surface area (Å²) in [4.78, 5) is 14.4. The number of Topliss-reactive ketones (excluding diaryl/α,β-unsaturated/α-hetero) is 1. The molecule has 2 heteroatoms. The van der Waals surface area contributed by atoms with E-state index in [0.717, 1.165) is 13.0 Å². The number of carbonyl (C=O) groups excluding carboxylic acids is 1. The van der Waals surface area contributed by atoms with Gasteiger partial charge in [-0.1, -0.05) is 26.0 Å². The highest BCUT2D eigenvalue weighted by Gasteiger charge is 2.32. The molecule has 2 nitrogen and oxygen atoms in total. The molecular formula is C17H25NO. The van der Waals surface area contributed by atoms with Crippen molar-refractivity contribution in [2.24, 2.45) is 17.8 Å². The van der Waals surface area contributed by atoms with Gasteiger partial charge >= 0.3 is 0 Å². The summed E-state index contributed by atoms with van der Waals surface area (Å²) in [5.41, 5.74) is 2.47. The predicted octanol–water partition coefficient (Wildman–Crippen LogP) is 3.68. The van der Waals surface area contributed by atoms with Gasteiger partial charge in [0.1, 0.15) is 5.78 Å². The Morgan fingerprint density at radius 3 is 2.68 bits per heavy atom. The maximum atomic E-state index is 12.2. The predicted molar refractivity (Wildman–Crippen MR) is 80.5 cm³/mol. The Hall–Kier alpha value is -1.31. The van der Waals surface area contributed by atoms with E-state index in [-0.39, 0.29) is 5.92 Å². The van der Waals surface area contributed by atoms with E-state index in [2.05, 4.69) is 57.0 Å². The molecule has 1 saturated carbocycles. The quantitative estimate of drug-likeness (QED) is 0.825. The number of rotatable bonds is 3. The van der Waals surface area contributed by atoms with Gasteiger partial charge in [0.2, 0.25) is 0 Å². The minimum absolute atomic E-state index is 0.196. The lowest BCUT2D eigenvalue weighted by Crippen LogP contribution is -2.38. The number of carbonyl (C=O) groups is 1. The van der Waals surface area contributed by atoms with Gasteiger partial charge in [0.05, 0.1) is 0 Å². The third kappa shape index (κ3) is 3.37. The van der Waals surface area contributed by atoms with Crippen molar-refractivity contribution in [3.05, 3.63) is 29.8 Å². The second kappa shape index (κ2) is 5.77. The highest BCUT2D eigenvalue weighted by Crippen LogP contribution is 2.32. The van der Waals surface area contributed by atoms with Crippen LogP contribution in [-0.4, -0.2) is 19.4 Å². The van der Waals surface area contributed by atoms with Crippen LogP contribution in [0.3, 0.4) is 0 Å². The molecule has 0 aliphatic heterocycles. The maximum Gasteiger partial charge on any atom is 0.138 e. The molecule has 1 aromatic carbocycles. The minimum atomic E-state index is 0.196. The molecule has 0 bridgehead atoms. The van der Waals surface area contributed by atoms with Gasteiger partial charge in [0.15, 0.2) is 0 Å². The molecule has 3 unspecified atom stereocenters. The van der Waals surface area contributed by atoms with Crippen molar-refractivity contribution in [2.45, 2.75) is 33.6 Å². The molecule has 1 aromatic rings. The topological polar surface area (TPSA) is 20.3 Å². The number of nitrogens with zero attached hydrogens (tertiary/aromatic N) is 1. The molecule has 0 saturated heterocycles. The van der Waals surface area contributed by atoms with Crippen molar-refractivity contribution in [1.29, 1.82) is 0 Å². The van der Waals surface area contributed by atoms with Crippen molar-refractivity contribution >= 4 is 11.5 Å². The van der Waals surface area contributed by atoms with Gasteiger partial charge in [-0.15, -0.1) is 0 Å². The van der Waals surface area contributed by atoms with Gasteiger partial charge in [-0.3, -0.25) is 4.79 Å². The van der Waals surface area contributed by atoms with Crippen molar-refractivity contribution in [3.63, 3.8) is 0 Å². The number of ketones is 1. The molecule has 104 valence electrons. The monoisotopic (exact) mass is 259 g/mol. The van der Waals surface area contributed by atoms with E-state index in [0.29, 0.717) is 17.6 Å². The Morgan fingerprint density at radius 1 is 1.32 bits per heavy atom. The van der Waals surface area contributed by atoms with Crippen LogP contribution in [-0.2, 0) is 4.79 Å². The number of hydrogen-bond acceptors (Lipinski definition) is 2. The summed E-state index contributed by atoms with van der Waals surface area (Å²) in [6, 6.07) is 8.48. The molecule has 0 amide bonds. The maximum absolute atomic E-state index is 12.2. The first-order chi connectivity index (χ1) is 8.97. The SMILES string of the molecule is Cc1cccc(N(C)CC2C(=O)CC(C)CC2C)c1. The zero-order valence-electron chi connectivity index (χ0n) is 12.5. The van der Waals surface area contributed by atoms with E-state index in [1.807, 2.05) is 0 Å². The van der Waals surface area contributed by atoms with E-state index in [9.17, 15) is 4.79 Å². The number of hydrogen-bond donors (Lipinski definition) is 0. The summed E-state index contributed by atoms with van der Waals surface area (Å²) in [6.45, 7) is 7.36. The van der Waals surface area contributed by atoms with Crippen molar-refractivity contribution < 1.29 is 4.79 Å². The molecule has 3 atom stereocenters. The molecule has 1 aliphatic rings. The lowest BCUT2D eigenvalue weighted by Gasteiger charge is -2.34. The van der Waals surface area contributed by atoms with Crippen molar-refractivity contribution in [3.8, 4) is 0 Å². The van der Waals surface area contributed by atoms with Gasteiger partial charge in [0.25, 0.3) is 0 Å². The highest BCUT2D eigenvalue weighted by molar-refractivity contribution is 5.83. The van der Waals surface area contributed by atoms with E-state index in [1.54, 1.807) is 0 Å². The third-order valence-electron chi connectivity index (χ3n) is 4.34. The minimum Gasteiger partial charge on any atom is -0.374 e. The molecular weight excluding hydrogens is 234 g/mol. The molecule has 0 radical (unpaired) electrons. The van der Waals surface area contributed by atoms with Crippen LogP contribution in [0.25, 0.3) is 0 Å². The first-order valence-electron chi connectivity index (χ1n) is 7.28. The molecule has 0 aromatic heterocycles. The van der Waals surface area contributed by atoms with Crippen molar-refractivity contribution in [2.75, 3.05) is 18.5 Å². The summed E-state index contributed by atoms with van der Waals surface area (Å²) >= 11 is 0. The van der Waals surface area contributed by atoms with Crippen LogP contribution in [0.5, 0.6) is 0 Å². The van der Waals surface area contributed by atoms with Crippen LogP contribution in [0.15, 0.2) is 24.3 Å². The number of aryl methyl sites for hydroxylation is 1. The average molecular weight is 259 g/mol. The normalized spacial score (nSPS) is 27.4. The Balaban J connectivity index is 2.06. The summed E-state index contributed by atoms with van der Waals surface area (Å²) in [5.74, 6) is 1.71. The average Bonchev–Trinajstić information content (AvgIpc) is 2.33. The number of benzene rings is 1. The van der Waals surface area contributed by atoms with Crippen LogP contribution >= 0.6 is 0 Å². The molecule has 1 aliphatic carbocycles.